The van der Waals surface area contributed by atoms with Crippen molar-refractivity contribution in [2.75, 3.05) is 11.9 Å². The standard InChI is InChI=1S/C10H11BrFN3O2/c11-6-2-1-3-7(14-6)15-10(17)8-9(16)5(12)4-13-8/h1-3,5,8-9,13,16H,4H2,(H,14,15,17)/t5-,8-,9+/m0/s1. The molecule has 5 nitrogen and oxygen atoms in total. The van der Waals surface area contributed by atoms with Gasteiger partial charge in [0, 0.05) is 6.54 Å². The number of carbonyl (C=O) groups is 1. The van der Waals surface area contributed by atoms with Gasteiger partial charge in [0.05, 0.1) is 0 Å². The predicted molar refractivity (Wildman–Crippen MR) is 63.3 cm³/mol. The number of aliphatic hydroxyl groups is 1. The zero-order valence-electron chi connectivity index (χ0n) is 8.73. The molecule has 7 heteroatoms. The van der Waals surface area contributed by atoms with E-state index >= 15 is 0 Å². The van der Waals surface area contributed by atoms with Crippen LogP contribution in [-0.2, 0) is 4.79 Å². The quantitative estimate of drug-likeness (QED) is 0.694. The Bertz CT molecular complexity index is 432. The van der Waals surface area contributed by atoms with Crippen LogP contribution in [0.15, 0.2) is 22.8 Å². The number of nitrogens with one attached hydrogen (secondary N) is 2. The monoisotopic (exact) mass is 303 g/mol. The molecule has 0 aliphatic carbocycles. The third kappa shape index (κ3) is 2.80. The van der Waals surface area contributed by atoms with Crippen LogP contribution in [0.2, 0.25) is 0 Å². The van der Waals surface area contributed by atoms with Gasteiger partial charge in [-0.15, -0.1) is 0 Å². The summed E-state index contributed by atoms with van der Waals surface area (Å²) in [5, 5.41) is 14.6. The Hall–Kier alpha value is -1.05. The minimum absolute atomic E-state index is 0.0227. The highest BCUT2D eigenvalue weighted by Gasteiger charge is 2.39. The Labute approximate surface area is 106 Å². The fourth-order valence-corrected chi connectivity index (χ4v) is 1.96. The summed E-state index contributed by atoms with van der Waals surface area (Å²) in [5.74, 6) is -0.149. The van der Waals surface area contributed by atoms with Gasteiger partial charge in [0.15, 0.2) is 0 Å². The molecule has 0 aromatic carbocycles. The van der Waals surface area contributed by atoms with Crippen LogP contribution in [0.1, 0.15) is 0 Å². The molecule has 0 radical (unpaired) electrons. The lowest BCUT2D eigenvalue weighted by Crippen LogP contribution is -2.43. The fourth-order valence-electron chi connectivity index (χ4n) is 1.62. The third-order valence-electron chi connectivity index (χ3n) is 2.49. The summed E-state index contributed by atoms with van der Waals surface area (Å²) < 4.78 is 13.6. The van der Waals surface area contributed by atoms with Crippen molar-refractivity contribution >= 4 is 27.7 Å². The Balaban J connectivity index is 2.02. The number of pyridine rings is 1. The summed E-state index contributed by atoms with van der Waals surface area (Å²) in [6.45, 7) is -0.0227. The molecular formula is C10H11BrFN3O2. The molecule has 3 N–H and O–H groups in total. The highest BCUT2D eigenvalue weighted by atomic mass is 79.9. The van der Waals surface area contributed by atoms with Crippen molar-refractivity contribution in [2.24, 2.45) is 0 Å². The van der Waals surface area contributed by atoms with E-state index in [1.54, 1.807) is 18.2 Å². The minimum Gasteiger partial charge on any atom is -0.388 e. The number of halogens is 2. The van der Waals surface area contributed by atoms with E-state index in [1.165, 1.54) is 0 Å². The molecule has 2 heterocycles. The van der Waals surface area contributed by atoms with Gasteiger partial charge in [0.2, 0.25) is 5.91 Å². The molecule has 1 amide bonds. The van der Waals surface area contributed by atoms with Gasteiger partial charge in [-0.25, -0.2) is 9.37 Å². The molecular weight excluding hydrogens is 293 g/mol. The highest BCUT2D eigenvalue weighted by Crippen LogP contribution is 2.14. The molecule has 0 saturated carbocycles. The van der Waals surface area contributed by atoms with E-state index in [0.29, 0.717) is 10.4 Å². The van der Waals surface area contributed by atoms with E-state index in [-0.39, 0.29) is 6.54 Å². The maximum absolute atomic E-state index is 13.0. The van der Waals surface area contributed by atoms with Crippen LogP contribution < -0.4 is 10.6 Å². The van der Waals surface area contributed by atoms with Gasteiger partial charge in [-0.3, -0.25) is 4.79 Å². The molecule has 92 valence electrons. The summed E-state index contributed by atoms with van der Waals surface area (Å²) in [4.78, 5) is 15.7. The molecule has 0 unspecified atom stereocenters. The minimum atomic E-state index is -1.42. The number of alkyl halides is 1. The number of aliphatic hydroxyl groups excluding tert-OH is 1. The van der Waals surface area contributed by atoms with Crippen molar-refractivity contribution in [3.63, 3.8) is 0 Å². The van der Waals surface area contributed by atoms with Crippen LogP contribution in [0.25, 0.3) is 0 Å². The number of anilines is 1. The van der Waals surface area contributed by atoms with E-state index in [2.05, 4.69) is 31.5 Å². The smallest absolute Gasteiger partial charge is 0.245 e. The first-order valence-corrected chi connectivity index (χ1v) is 5.86. The predicted octanol–water partition coefficient (Wildman–Crippen LogP) is 0.453. The molecule has 0 bridgehead atoms. The lowest BCUT2D eigenvalue weighted by atomic mass is 10.1. The van der Waals surface area contributed by atoms with Gasteiger partial charge in [-0.2, -0.15) is 0 Å². The average molecular weight is 304 g/mol. The number of nitrogens with zero attached hydrogens (tertiary/aromatic N) is 1. The summed E-state index contributed by atoms with van der Waals surface area (Å²) in [5.41, 5.74) is 0. The van der Waals surface area contributed by atoms with E-state index in [1.807, 2.05) is 0 Å². The maximum Gasteiger partial charge on any atom is 0.245 e. The molecule has 2 rings (SSSR count). The number of hydrogen-bond donors (Lipinski definition) is 3. The lowest BCUT2D eigenvalue weighted by molar-refractivity contribution is -0.120. The number of rotatable bonds is 2. The molecule has 1 saturated heterocycles. The molecule has 17 heavy (non-hydrogen) atoms. The zero-order valence-corrected chi connectivity index (χ0v) is 10.3. The van der Waals surface area contributed by atoms with Gasteiger partial charge in [0.1, 0.15) is 28.7 Å². The van der Waals surface area contributed by atoms with Crippen molar-refractivity contribution in [1.29, 1.82) is 0 Å². The fraction of sp³-hybridized carbons (Fsp3) is 0.400. The Morgan fingerprint density at radius 3 is 3.00 bits per heavy atom. The number of carbonyl (C=O) groups excluding carboxylic acids is 1. The van der Waals surface area contributed by atoms with Gasteiger partial charge in [-0.05, 0) is 28.1 Å². The number of aromatic nitrogens is 1. The second-order valence-corrected chi connectivity index (χ2v) is 4.54. The number of hydrogen-bond acceptors (Lipinski definition) is 4. The van der Waals surface area contributed by atoms with Gasteiger partial charge < -0.3 is 15.7 Å². The number of amides is 1. The van der Waals surface area contributed by atoms with Gasteiger partial charge in [-0.1, -0.05) is 6.07 Å². The molecule has 1 aliphatic heterocycles. The first kappa shape index (κ1) is 12.4. The van der Waals surface area contributed by atoms with Crippen LogP contribution >= 0.6 is 15.9 Å². The molecule has 0 spiro atoms. The SMILES string of the molecule is O=C(Nc1cccc(Br)n1)[C@H]1NC[C@H](F)[C@H]1O. The highest BCUT2D eigenvalue weighted by molar-refractivity contribution is 9.10. The summed E-state index contributed by atoms with van der Waals surface area (Å²) in [6.07, 6.45) is -2.73. The zero-order chi connectivity index (χ0) is 12.4. The molecule has 3 atom stereocenters. The summed E-state index contributed by atoms with van der Waals surface area (Å²) in [7, 11) is 0. The van der Waals surface area contributed by atoms with E-state index < -0.39 is 24.2 Å². The van der Waals surface area contributed by atoms with Crippen LogP contribution in [0, 0.1) is 0 Å². The van der Waals surface area contributed by atoms with E-state index in [9.17, 15) is 14.3 Å². The van der Waals surface area contributed by atoms with Crippen molar-refractivity contribution in [2.45, 2.75) is 18.3 Å². The average Bonchev–Trinajstić information content (AvgIpc) is 2.60. The Kier molecular flexibility index (Phi) is 3.70. The van der Waals surface area contributed by atoms with Gasteiger partial charge in [0.25, 0.3) is 0 Å². The molecule has 1 aliphatic rings. The van der Waals surface area contributed by atoms with Crippen LogP contribution in [-0.4, -0.2) is 40.9 Å². The van der Waals surface area contributed by atoms with Crippen molar-refractivity contribution < 1.29 is 14.3 Å². The maximum atomic E-state index is 13.0. The van der Waals surface area contributed by atoms with E-state index in [4.69, 9.17) is 0 Å². The van der Waals surface area contributed by atoms with Crippen LogP contribution in [0.3, 0.4) is 0 Å². The van der Waals surface area contributed by atoms with Gasteiger partial charge >= 0.3 is 0 Å². The molecule has 1 aromatic heterocycles. The van der Waals surface area contributed by atoms with Crippen LogP contribution in [0.5, 0.6) is 0 Å². The van der Waals surface area contributed by atoms with E-state index in [0.717, 1.165) is 0 Å². The van der Waals surface area contributed by atoms with Crippen molar-refractivity contribution in [3.05, 3.63) is 22.8 Å². The molecule has 1 fully saturated rings. The third-order valence-corrected chi connectivity index (χ3v) is 2.94. The van der Waals surface area contributed by atoms with Crippen molar-refractivity contribution in [1.82, 2.24) is 10.3 Å². The molecule has 1 aromatic rings. The summed E-state index contributed by atoms with van der Waals surface area (Å²) in [6, 6.07) is 4.10. The van der Waals surface area contributed by atoms with Crippen molar-refractivity contribution in [3.8, 4) is 0 Å². The second kappa shape index (κ2) is 5.07. The lowest BCUT2D eigenvalue weighted by Gasteiger charge is -2.14. The Morgan fingerprint density at radius 2 is 2.41 bits per heavy atom. The Morgan fingerprint density at radius 1 is 1.65 bits per heavy atom. The normalized spacial score (nSPS) is 28.1. The first-order valence-electron chi connectivity index (χ1n) is 5.07. The topological polar surface area (TPSA) is 74.2 Å². The summed E-state index contributed by atoms with van der Waals surface area (Å²) >= 11 is 3.17. The first-order chi connectivity index (χ1) is 8.08. The largest absolute Gasteiger partial charge is 0.388 e. The van der Waals surface area contributed by atoms with Crippen LogP contribution in [0.4, 0.5) is 10.2 Å². The second-order valence-electron chi connectivity index (χ2n) is 3.73.